The van der Waals surface area contributed by atoms with Crippen molar-refractivity contribution in [3.05, 3.63) is 0 Å². The Morgan fingerprint density at radius 2 is 1.84 bits per heavy atom. The summed E-state index contributed by atoms with van der Waals surface area (Å²) in [6.07, 6.45) is 9.42. The van der Waals surface area contributed by atoms with Gasteiger partial charge in [-0.2, -0.15) is 0 Å². The molecular formula is C15H29N3S. The molecule has 110 valence electrons. The van der Waals surface area contributed by atoms with E-state index in [9.17, 15) is 0 Å². The second-order valence-corrected chi connectivity index (χ2v) is 6.71. The van der Waals surface area contributed by atoms with E-state index in [1.54, 1.807) is 0 Å². The fourth-order valence-electron chi connectivity index (χ4n) is 3.22. The van der Waals surface area contributed by atoms with Crippen LogP contribution in [0.5, 0.6) is 0 Å². The normalized spacial score (nSPS) is 23.2. The Kier molecular flexibility index (Phi) is 6.38. The molecule has 1 heterocycles. The van der Waals surface area contributed by atoms with E-state index in [-0.39, 0.29) is 0 Å². The molecule has 0 aromatic heterocycles. The zero-order chi connectivity index (χ0) is 13.5. The SMILES string of the molecule is CC(CNC(=S)NC1CCCCC1)CN1CCCC1. The molecule has 1 aliphatic carbocycles. The minimum Gasteiger partial charge on any atom is -0.362 e. The van der Waals surface area contributed by atoms with Crippen molar-refractivity contribution in [3.63, 3.8) is 0 Å². The summed E-state index contributed by atoms with van der Waals surface area (Å²) in [4.78, 5) is 2.57. The van der Waals surface area contributed by atoms with Gasteiger partial charge in [0.05, 0.1) is 0 Å². The second kappa shape index (κ2) is 8.05. The number of rotatable bonds is 5. The predicted molar refractivity (Wildman–Crippen MR) is 85.4 cm³/mol. The van der Waals surface area contributed by atoms with Gasteiger partial charge in [0.15, 0.2) is 5.11 Å². The molecule has 0 spiro atoms. The Morgan fingerprint density at radius 1 is 1.16 bits per heavy atom. The Morgan fingerprint density at radius 3 is 2.53 bits per heavy atom. The monoisotopic (exact) mass is 283 g/mol. The highest BCUT2D eigenvalue weighted by atomic mass is 32.1. The molecule has 1 unspecified atom stereocenters. The summed E-state index contributed by atoms with van der Waals surface area (Å²) in [6, 6.07) is 0.614. The average molecular weight is 283 g/mol. The van der Waals surface area contributed by atoms with E-state index in [0.717, 1.165) is 11.7 Å². The Balaban J connectivity index is 1.56. The van der Waals surface area contributed by atoms with E-state index in [0.29, 0.717) is 12.0 Å². The third-order valence-corrected chi connectivity index (χ3v) is 4.58. The van der Waals surface area contributed by atoms with Crippen molar-refractivity contribution in [1.82, 2.24) is 15.5 Å². The minimum absolute atomic E-state index is 0.614. The van der Waals surface area contributed by atoms with Gasteiger partial charge >= 0.3 is 0 Å². The second-order valence-electron chi connectivity index (χ2n) is 6.30. The summed E-state index contributed by atoms with van der Waals surface area (Å²) < 4.78 is 0. The van der Waals surface area contributed by atoms with Crippen LogP contribution in [0.3, 0.4) is 0 Å². The van der Waals surface area contributed by atoms with Gasteiger partial charge in [0.1, 0.15) is 0 Å². The lowest BCUT2D eigenvalue weighted by molar-refractivity contribution is 0.287. The van der Waals surface area contributed by atoms with E-state index >= 15 is 0 Å². The average Bonchev–Trinajstić information content (AvgIpc) is 2.90. The third kappa shape index (κ3) is 5.65. The summed E-state index contributed by atoms with van der Waals surface area (Å²) in [5.41, 5.74) is 0. The van der Waals surface area contributed by atoms with Gasteiger partial charge in [-0.25, -0.2) is 0 Å². The van der Waals surface area contributed by atoms with E-state index in [1.165, 1.54) is 64.6 Å². The van der Waals surface area contributed by atoms with Gasteiger partial charge in [0.25, 0.3) is 0 Å². The zero-order valence-corrected chi connectivity index (χ0v) is 13.1. The standard InChI is InChI=1S/C15H29N3S/c1-13(12-18-9-5-6-10-18)11-16-15(19)17-14-7-3-2-4-8-14/h13-14H,2-12H2,1H3,(H2,16,17,19). The zero-order valence-electron chi connectivity index (χ0n) is 12.3. The molecule has 0 amide bonds. The van der Waals surface area contributed by atoms with Crippen LogP contribution in [0.4, 0.5) is 0 Å². The molecule has 0 bridgehead atoms. The van der Waals surface area contributed by atoms with Crippen molar-refractivity contribution in [1.29, 1.82) is 0 Å². The first kappa shape index (κ1) is 15.0. The number of nitrogens with one attached hydrogen (secondary N) is 2. The molecule has 1 saturated carbocycles. The summed E-state index contributed by atoms with van der Waals surface area (Å²) in [5.74, 6) is 0.671. The first-order valence-corrected chi connectivity index (χ1v) is 8.41. The lowest BCUT2D eigenvalue weighted by Gasteiger charge is -2.25. The minimum atomic E-state index is 0.614. The van der Waals surface area contributed by atoms with Gasteiger partial charge in [-0.3, -0.25) is 0 Å². The summed E-state index contributed by atoms with van der Waals surface area (Å²) in [6.45, 7) is 7.09. The van der Waals surface area contributed by atoms with Gasteiger partial charge in [0.2, 0.25) is 0 Å². The molecular weight excluding hydrogens is 254 g/mol. The smallest absolute Gasteiger partial charge is 0.166 e. The van der Waals surface area contributed by atoms with E-state index in [4.69, 9.17) is 12.2 Å². The van der Waals surface area contributed by atoms with Crippen LogP contribution in [0.2, 0.25) is 0 Å². The summed E-state index contributed by atoms with van der Waals surface area (Å²) in [5, 5.41) is 7.73. The van der Waals surface area contributed by atoms with Crippen LogP contribution in [0, 0.1) is 5.92 Å². The van der Waals surface area contributed by atoms with Crippen molar-refractivity contribution < 1.29 is 0 Å². The Bertz CT molecular complexity index is 271. The lowest BCUT2D eigenvalue weighted by atomic mass is 9.96. The first-order chi connectivity index (χ1) is 9.24. The number of hydrogen-bond donors (Lipinski definition) is 2. The molecule has 1 aliphatic heterocycles. The maximum Gasteiger partial charge on any atom is 0.166 e. The van der Waals surface area contributed by atoms with Crippen LogP contribution in [-0.4, -0.2) is 42.2 Å². The largest absolute Gasteiger partial charge is 0.362 e. The number of thiocarbonyl (C=S) groups is 1. The summed E-state index contributed by atoms with van der Waals surface area (Å²) in [7, 11) is 0. The van der Waals surface area contributed by atoms with Crippen LogP contribution in [0.15, 0.2) is 0 Å². The van der Waals surface area contributed by atoms with Crippen molar-refractivity contribution in [2.45, 2.75) is 57.9 Å². The Hall–Kier alpha value is -0.350. The van der Waals surface area contributed by atoms with Crippen LogP contribution < -0.4 is 10.6 Å². The number of hydrogen-bond acceptors (Lipinski definition) is 2. The van der Waals surface area contributed by atoms with Gasteiger partial charge in [-0.15, -0.1) is 0 Å². The highest BCUT2D eigenvalue weighted by Crippen LogP contribution is 2.17. The molecule has 2 fully saturated rings. The fourth-order valence-corrected chi connectivity index (χ4v) is 3.47. The number of nitrogens with zero attached hydrogens (tertiary/aromatic N) is 1. The van der Waals surface area contributed by atoms with Crippen molar-refractivity contribution in [2.24, 2.45) is 5.92 Å². The maximum absolute atomic E-state index is 5.40. The topological polar surface area (TPSA) is 27.3 Å². The molecule has 4 heteroatoms. The van der Waals surface area contributed by atoms with Gasteiger partial charge in [0, 0.05) is 19.1 Å². The molecule has 19 heavy (non-hydrogen) atoms. The van der Waals surface area contributed by atoms with E-state index < -0.39 is 0 Å². The molecule has 0 aromatic carbocycles. The van der Waals surface area contributed by atoms with E-state index in [1.807, 2.05) is 0 Å². The molecule has 2 rings (SSSR count). The molecule has 2 N–H and O–H groups in total. The molecule has 1 atom stereocenters. The van der Waals surface area contributed by atoms with Gasteiger partial charge in [-0.1, -0.05) is 26.2 Å². The molecule has 0 radical (unpaired) electrons. The molecule has 0 aromatic rings. The lowest BCUT2D eigenvalue weighted by Crippen LogP contribution is -2.44. The third-order valence-electron chi connectivity index (χ3n) is 4.32. The van der Waals surface area contributed by atoms with Crippen molar-refractivity contribution in [2.75, 3.05) is 26.2 Å². The van der Waals surface area contributed by atoms with Gasteiger partial charge in [-0.05, 0) is 56.9 Å². The van der Waals surface area contributed by atoms with Crippen LogP contribution in [0.1, 0.15) is 51.9 Å². The maximum atomic E-state index is 5.40. The van der Waals surface area contributed by atoms with Crippen LogP contribution in [-0.2, 0) is 0 Å². The number of likely N-dealkylation sites (tertiary alicyclic amines) is 1. The first-order valence-electron chi connectivity index (χ1n) is 8.01. The predicted octanol–water partition coefficient (Wildman–Crippen LogP) is 2.52. The quantitative estimate of drug-likeness (QED) is 0.758. The van der Waals surface area contributed by atoms with Crippen molar-refractivity contribution >= 4 is 17.3 Å². The van der Waals surface area contributed by atoms with Crippen LogP contribution in [0.25, 0.3) is 0 Å². The van der Waals surface area contributed by atoms with Gasteiger partial charge < -0.3 is 15.5 Å². The molecule has 3 nitrogen and oxygen atoms in total. The molecule has 2 aliphatic rings. The summed E-state index contributed by atoms with van der Waals surface area (Å²) >= 11 is 5.40. The van der Waals surface area contributed by atoms with E-state index in [2.05, 4.69) is 22.5 Å². The fraction of sp³-hybridized carbons (Fsp3) is 0.933. The highest BCUT2D eigenvalue weighted by molar-refractivity contribution is 7.80. The molecule has 1 saturated heterocycles. The van der Waals surface area contributed by atoms with Crippen LogP contribution >= 0.6 is 12.2 Å². The Labute approximate surface area is 123 Å². The highest BCUT2D eigenvalue weighted by Gasteiger charge is 2.16. The van der Waals surface area contributed by atoms with Crippen molar-refractivity contribution in [3.8, 4) is 0 Å².